The van der Waals surface area contributed by atoms with Crippen LogP contribution in [0.3, 0.4) is 0 Å². The first-order valence-corrected chi connectivity index (χ1v) is 6.61. The fourth-order valence-corrected chi connectivity index (χ4v) is 2.76. The Morgan fingerprint density at radius 2 is 2.39 bits per heavy atom. The molecule has 1 aromatic rings. The van der Waals surface area contributed by atoms with Gasteiger partial charge in [0.1, 0.15) is 11.5 Å². The van der Waals surface area contributed by atoms with Gasteiger partial charge < -0.3 is 5.73 Å². The largest absolute Gasteiger partial charge is 0.382 e. The number of pyridine rings is 1. The number of rotatable bonds is 4. The SMILES string of the molecule is CC(C)C1CCCN1Cc1ccnc(C(=N)N)c1. The Balaban J connectivity index is 2.09. The highest BCUT2D eigenvalue weighted by molar-refractivity contribution is 5.93. The van der Waals surface area contributed by atoms with Gasteiger partial charge in [0.2, 0.25) is 0 Å². The normalized spacial score (nSPS) is 20.5. The first kappa shape index (κ1) is 13.0. The molecule has 2 rings (SSSR count). The van der Waals surface area contributed by atoms with E-state index in [4.69, 9.17) is 11.1 Å². The highest BCUT2D eigenvalue weighted by Gasteiger charge is 2.26. The predicted molar refractivity (Wildman–Crippen MR) is 73.5 cm³/mol. The van der Waals surface area contributed by atoms with Gasteiger partial charge >= 0.3 is 0 Å². The molecule has 3 N–H and O–H groups in total. The van der Waals surface area contributed by atoms with E-state index in [1.807, 2.05) is 12.1 Å². The summed E-state index contributed by atoms with van der Waals surface area (Å²) in [4.78, 5) is 6.63. The maximum absolute atomic E-state index is 7.43. The fraction of sp³-hybridized carbons (Fsp3) is 0.571. The quantitative estimate of drug-likeness (QED) is 0.630. The second-order valence-electron chi connectivity index (χ2n) is 5.39. The van der Waals surface area contributed by atoms with Crippen molar-refractivity contribution in [2.75, 3.05) is 6.54 Å². The predicted octanol–water partition coefficient (Wildman–Crippen LogP) is 1.99. The summed E-state index contributed by atoms with van der Waals surface area (Å²) in [6, 6.07) is 4.62. The first-order valence-electron chi connectivity index (χ1n) is 6.61. The Morgan fingerprint density at radius 1 is 1.61 bits per heavy atom. The van der Waals surface area contributed by atoms with Gasteiger partial charge in [0.15, 0.2) is 0 Å². The Kier molecular flexibility index (Phi) is 3.97. The summed E-state index contributed by atoms with van der Waals surface area (Å²) in [6.45, 7) is 6.68. The lowest BCUT2D eigenvalue weighted by Crippen LogP contribution is -2.32. The molecule has 1 aliphatic heterocycles. The van der Waals surface area contributed by atoms with Crippen LogP contribution in [0.25, 0.3) is 0 Å². The van der Waals surface area contributed by atoms with Crippen molar-refractivity contribution in [3.05, 3.63) is 29.6 Å². The zero-order valence-corrected chi connectivity index (χ0v) is 11.2. The summed E-state index contributed by atoms with van der Waals surface area (Å²) in [5.74, 6) is 0.736. The molecule has 0 radical (unpaired) electrons. The van der Waals surface area contributed by atoms with Crippen molar-refractivity contribution in [1.29, 1.82) is 5.41 Å². The molecule has 0 bridgehead atoms. The van der Waals surface area contributed by atoms with E-state index in [0.29, 0.717) is 17.7 Å². The van der Waals surface area contributed by atoms with Crippen LogP contribution in [-0.2, 0) is 6.54 Å². The molecule has 1 unspecified atom stereocenters. The average molecular weight is 246 g/mol. The molecule has 0 aliphatic carbocycles. The molecule has 0 saturated carbocycles. The third kappa shape index (κ3) is 2.88. The van der Waals surface area contributed by atoms with Crippen LogP contribution < -0.4 is 5.73 Å². The van der Waals surface area contributed by atoms with E-state index in [2.05, 4.69) is 23.7 Å². The number of hydrogen-bond donors (Lipinski definition) is 2. The van der Waals surface area contributed by atoms with Gasteiger partial charge in [-0.3, -0.25) is 15.3 Å². The van der Waals surface area contributed by atoms with Crippen LogP contribution in [-0.4, -0.2) is 28.3 Å². The lowest BCUT2D eigenvalue weighted by atomic mass is 10.0. The number of hydrogen-bond acceptors (Lipinski definition) is 3. The van der Waals surface area contributed by atoms with E-state index in [-0.39, 0.29) is 5.84 Å². The number of nitrogens with one attached hydrogen (secondary N) is 1. The van der Waals surface area contributed by atoms with Gasteiger partial charge in [0.05, 0.1) is 0 Å². The molecule has 4 nitrogen and oxygen atoms in total. The summed E-state index contributed by atoms with van der Waals surface area (Å²) in [6.07, 6.45) is 4.32. The molecule has 1 atom stereocenters. The van der Waals surface area contributed by atoms with E-state index in [0.717, 1.165) is 6.54 Å². The second-order valence-corrected chi connectivity index (χ2v) is 5.39. The number of aromatic nitrogens is 1. The maximum Gasteiger partial charge on any atom is 0.141 e. The van der Waals surface area contributed by atoms with E-state index < -0.39 is 0 Å². The van der Waals surface area contributed by atoms with Crippen molar-refractivity contribution >= 4 is 5.84 Å². The topological polar surface area (TPSA) is 66.0 Å². The maximum atomic E-state index is 7.43. The summed E-state index contributed by atoms with van der Waals surface area (Å²) in [5.41, 5.74) is 7.25. The summed E-state index contributed by atoms with van der Waals surface area (Å²) >= 11 is 0. The Labute approximate surface area is 109 Å². The third-order valence-electron chi connectivity index (χ3n) is 3.67. The number of amidine groups is 1. The molecule has 18 heavy (non-hydrogen) atoms. The third-order valence-corrected chi connectivity index (χ3v) is 3.67. The number of nitrogens with two attached hydrogens (primary N) is 1. The molecule has 4 heteroatoms. The van der Waals surface area contributed by atoms with Crippen LogP contribution in [0.1, 0.15) is 37.9 Å². The van der Waals surface area contributed by atoms with Gasteiger partial charge in [-0.15, -0.1) is 0 Å². The molecule has 1 saturated heterocycles. The van der Waals surface area contributed by atoms with Crippen LogP contribution in [0.5, 0.6) is 0 Å². The summed E-state index contributed by atoms with van der Waals surface area (Å²) in [7, 11) is 0. The Bertz CT molecular complexity index is 428. The van der Waals surface area contributed by atoms with Crippen molar-refractivity contribution in [1.82, 2.24) is 9.88 Å². The molecule has 1 fully saturated rings. The summed E-state index contributed by atoms with van der Waals surface area (Å²) < 4.78 is 0. The van der Waals surface area contributed by atoms with E-state index >= 15 is 0 Å². The standard InChI is InChI=1S/C14H22N4/c1-10(2)13-4-3-7-18(13)9-11-5-6-17-12(8-11)14(15)16/h5-6,8,10,13H,3-4,7,9H2,1-2H3,(H3,15,16). The zero-order chi connectivity index (χ0) is 13.1. The van der Waals surface area contributed by atoms with Gasteiger partial charge in [0.25, 0.3) is 0 Å². The van der Waals surface area contributed by atoms with Crippen LogP contribution >= 0.6 is 0 Å². The molecule has 0 spiro atoms. The molecule has 0 amide bonds. The van der Waals surface area contributed by atoms with E-state index in [9.17, 15) is 0 Å². The molecular weight excluding hydrogens is 224 g/mol. The molecule has 0 aromatic carbocycles. The Morgan fingerprint density at radius 3 is 3.06 bits per heavy atom. The van der Waals surface area contributed by atoms with Gasteiger partial charge in [-0.05, 0) is 43.0 Å². The monoisotopic (exact) mass is 246 g/mol. The van der Waals surface area contributed by atoms with Gasteiger partial charge in [-0.25, -0.2) is 0 Å². The number of likely N-dealkylation sites (tertiary alicyclic amines) is 1. The minimum absolute atomic E-state index is 0.0404. The number of nitrogen functional groups attached to an aromatic ring is 1. The Hall–Kier alpha value is -1.42. The fourth-order valence-electron chi connectivity index (χ4n) is 2.76. The van der Waals surface area contributed by atoms with E-state index in [1.54, 1.807) is 6.20 Å². The molecule has 98 valence electrons. The van der Waals surface area contributed by atoms with Crippen LogP contribution in [0.15, 0.2) is 18.3 Å². The summed E-state index contributed by atoms with van der Waals surface area (Å²) in [5, 5.41) is 7.43. The van der Waals surface area contributed by atoms with Crippen molar-refractivity contribution < 1.29 is 0 Å². The zero-order valence-electron chi connectivity index (χ0n) is 11.2. The first-order chi connectivity index (χ1) is 8.58. The molecular formula is C14H22N4. The second kappa shape index (κ2) is 5.48. The average Bonchev–Trinajstić information content (AvgIpc) is 2.77. The molecule has 1 aromatic heterocycles. The van der Waals surface area contributed by atoms with Crippen LogP contribution in [0, 0.1) is 11.3 Å². The highest BCUT2D eigenvalue weighted by atomic mass is 15.2. The minimum Gasteiger partial charge on any atom is -0.382 e. The van der Waals surface area contributed by atoms with Crippen molar-refractivity contribution in [3.63, 3.8) is 0 Å². The lowest BCUT2D eigenvalue weighted by molar-refractivity contribution is 0.199. The van der Waals surface area contributed by atoms with Crippen LogP contribution in [0.4, 0.5) is 0 Å². The van der Waals surface area contributed by atoms with Crippen molar-refractivity contribution in [2.45, 2.75) is 39.3 Å². The molecule has 1 aliphatic rings. The number of nitrogens with zero attached hydrogens (tertiary/aromatic N) is 2. The highest BCUT2D eigenvalue weighted by Crippen LogP contribution is 2.25. The van der Waals surface area contributed by atoms with Gasteiger partial charge in [0, 0.05) is 18.8 Å². The smallest absolute Gasteiger partial charge is 0.141 e. The van der Waals surface area contributed by atoms with Crippen molar-refractivity contribution in [3.8, 4) is 0 Å². The van der Waals surface area contributed by atoms with Gasteiger partial charge in [-0.1, -0.05) is 13.8 Å². The van der Waals surface area contributed by atoms with E-state index in [1.165, 1.54) is 24.9 Å². The van der Waals surface area contributed by atoms with Gasteiger partial charge in [-0.2, -0.15) is 0 Å². The van der Waals surface area contributed by atoms with Crippen LogP contribution in [0.2, 0.25) is 0 Å². The minimum atomic E-state index is 0.0404. The van der Waals surface area contributed by atoms with Crippen molar-refractivity contribution in [2.24, 2.45) is 11.7 Å². The molecule has 2 heterocycles. The lowest BCUT2D eigenvalue weighted by Gasteiger charge is -2.27.